The van der Waals surface area contributed by atoms with Crippen molar-refractivity contribution in [2.75, 3.05) is 5.73 Å². The summed E-state index contributed by atoms with van der Waals surface area (Å²) in [6.07, 6.45) is 4.91. The summed E-state index contributed by atoms with van der Waals surface area (Å²) in [5.74, 6) is 0.390. The lowest BCUT2D eigenvalue weighted by Crippen LogP contribution is -2.02. The molecule has 3 rings (SSSR count). The van der Waals surface area contributed by atoms with Gasteiger partial charge < -0.3 is 5.73 Å². The monoisotopic (exact) mass is 243 g/mol. The average Bonchev–Trinajstić information content (AvgIpc) is 3.00. The Kier molecular flexibility index (Phi) is 2.09. The van der Waals surface area contributed by atoms with E-state index in [1.54, 1.807) is 6.20 Å². The molecule has 2 N–H and O–H groups in total. The number of nitrogens with zero attached hydrogens (tertiary/aromatic N) is 4. The van der Waals surface area contributed by atoms with Gasteiger partial charge in [0.05, 0.1) is 24.2 Å². The van der Waals surface area contributed by atoms with E-state index in [4.69, 9.17) is 11.0 Å². The Bertz CT molecular complexity index is 591. The highest BCUT2D eigenvalue weighted by Crippen LogP contribution is 2.48. The van der Waals surface area contributed by atoms with Gasteiger partial charge in [0, 0.05) is 5.38 Å². The van der Waals surface area contributed by atoms with Crippen molar-refractivity contribution >= 4 is 17.2 Å². The van der Waals surface area contributed by atoms with Crippen molar-refractivity contribution in [3.63, 3.8) is 0 Å². The molecule has 1 saturated carbocycles. The van der Waals surface area contributed by atoms with E-state index in [0.29, 0.717) is 11.5 Å². The van der Waals surface area contributed by atoms with Crippen molar-refractivity contribution in [2.45, 2.75) is 18.3 Å². The van der Waals surface area contributed by atoms with Crippen LogP contribution in [0.1, 0.15) is 18.5 Å². The highest BCUT2D eigenvalue weighted by atomic mass is 32.1. The normalized spacial score (nSPS) is 16.4. The summed E-state index contributed by atoms with van der Waals surface area (Å²) in [5, 5.41) is 11.8. The molecule has 1 aliphatic rings. The number of nitriles is 1. The van der Waals surface area contributed by atoms with Crippen molar-refractivity contribution in [3.8, 4) is 16.8 Å². The van der Waals surface area contributed by atoms with Gasteiger partial charge in [0.15, 0.2) is 0 Å². The van der Waals surface area contributed by atoms with Gasteiger partial charge in [-0.1, -0.05) is 0 Å². The second-order valence-electron chi connectivity index (χ2n) is 4.06. The second-order valence-corrected chi connectivity index (χ2v) is 4.92. The van der Waals surface area contributed by atoms with Crippen LogP contribution in [0.5, 0.6) is 0 Å². The Morgan fingerprint density at radius 2 is 2.18 bits per heavy atom. The number of rotatable bonds is 2. The van der Waals surface area contributed by atoms with Gasteiger partial charge in [0.2, 0.25) is 0 Å². The zero-order valence-electron chi connectivity index (χ0n) is 8.92. The number of aromatic nitrogens is 3. The summed E-state index contributed by atoms with van der Waals surface area (Å²) in [4.78, 5) is 12.6. The van der Waals surface area contributed by atoms with Crippen LogP contribution in [-0.2, 0) is 5.41 Å². The lowest BCUT2D eigenvalue weighted by atomic mass is 10.1. The smallest absolute Gasteiger partial charge is 0.143 e. The molecule has 0 amide bonds. The molecule has 0 bridgehead atoms. The maximum Gasteiger partial charge on any atom is 0.143 e. The summed E-state index contributed by atoms with van der Waals surface area (Å²) >= 11 is 1.49. The van der Waals surface area contributed by atoms with E-state index < -0.39 is 0 Å². The molecule has 0 saturated heterocycles. The second kappa shape index (κ2) is 3.50. The molecule has 6 heteroatoms. The zero-order chi connectivity index (χ0) is 11.9. The Balaban J connectivity index is 1.96. The molecule has 2 aromatic rings. The Hall–Kier alpha value is -2.00. The number of hydrogen-bond donors (Lipinski definition) is 1. The molecule has 2 heterocycles. The van der Waals surface area contributed by atoms with E-state index in [0.717, 1.165) is 23.5 Å². The van der Waals surface area contributed by atoms with Crippen LogP contribution in [0.15, 0.2) is 17.8 Å². The fraction of sp³-hybridized carbons (Fsp3) is 0.273. The molecule has 0 spiro atoms. The first-order valence-corrected chi connectivity index (χ1v) is 6.07. The molecule has 0 unspecified atom stereocenters. The lowest BCUT2D eigenvalue weighted by molar-refractivity contribution is 0.868. The predicted molar refractivity (Wildman–Crippen MR) is 64.1 cm³/mol. The van der Waals surface area contributed by atoms with Crippen molar-refractivity contribution in [1.82, 2.24) is 15.0 Å². The first-order valence-electron chi connectivity index (χ1n) is 5.19. The van der Waals surface area contributed by atoms with Gasteiger partial charge >= 0.3 is 0 Å². The number of thiazole rings is 1. The summed E-state index contributed by atoms with van der Waals surface area (Å²) in [7, 11) is 0. The molecule has 0 aromatic carbocycles. The van der Waals surface area contributed by atoms with Gasteiger partial charge in [-0.3, -0.25) is 0 Å². The molecule has 0 atom stereocenters. The third-order valence-electron chi connectivity index (χ3n) is 2.85. The quantitative estimate of drug-likeness (QED) is 0.867. The summed E-state index contributed by atoms with van der Waals surface area (Å²) in [6, 6.07) is 2.33. The molecular weight excluding hydrogens is 234 g/mol. The van der Waals surface area contributed by atoms with Gasteiger partial charge in [0.1, 0.15) is 21.9 Å². The van der Waals surface area contributed by atoms with Crippen LogP contribution >= 0.6 is 11.3 Å². The van der Waals surface area contributed by atoms with Crippen molar-refractivity contribution in [2.24, 2.45) is 0 Å². The minimum absolute atomic E-state index is 0.337. The average molecular weight is 243 g/mol. The summed E-state index contributed by atoms with van der Waals surface area (Å²) in [5.41, 5.74) is 6.70. The molecule has 0 radical (unpaired) electrons. The van der Waals surface area contributed by atoms with Crippen LogP contribution in [-0.4, -0.2) is 15.0 Å². The van der Waals surface area contributed by atoms with Crippen LogP contribution < -0.4 is 5.73 Å². The van der Waals surface area contributed by atoms with Gasteiger partial charge in [-0.2, -0.15) is 5.26 Å². The molecular formula is C11H9N5S. The summed E-state index contributed by atoms with van der Waals surface area (Å²) in [6.45, 7) is 0. The van der Waals surface area contributed by atoms with Crippen molar-refractivity contribution < 1.29 is 0 Å². The van der Waals surface area contributed by atoms with E-state index in [1.165, 1.54) is 17.5 Å². The number of nitrogen functional groups attached to an aromatic ring is 1. The van der Waals surface area contributed by atoms with Gasteiger partial charge in [-0.05, 0) is 12.8 Å². The third-order valence-corrected chi connectivity index (χ3v) is 3.71. The maximum atomic E-state index is 9.10. The van der Waals surface area contributed by atoms with Crippen LogP contribution in [0, 0.1) is 11.3 Å². The van der Waals surface area contributed by atoms with E-state index >= 15 is 0 Å². The van der Waals surface area contributed by atoms with Gasteiger partial charge in [0.25, 0.3) is 0 Å². The first-order chi connectivity index (χ1) is 8.23. The minimum atomic E-state index is -0.337. The molecule has 0 aliphatic heterocycles. The lowest BCUT2D eigenvalue weighted by Gasteiger charge is -1.98. The van der Waals surface area contributed by atoms with Crippen LogP contribution in [0.3, 0.4) is 0 Å². The Morgan fingerprint density at radius 1 is 1.35 bits per heavy atom. The highest BCUT2D eigenvalue weighted by molar-refractivity contribution is 7.13. The van der Waals surface area contributed by atoms with Crippen LogP contribution in [0.2, 0.25) is 0 Å². The Morgan fingerprint density at radius 3 is 2.76 bits per heavy atom. The summed E-state index contributed by atoms with van der Waals surface area (Å²) < 4.78 is 0. The van der Waals surface area contributed by atoms with E-state index in [-0.39, 0.29) is 5.41 Å². The minimum Gasteiger partial charge on any atom is -0.382 e. The molecule has 1 aliphatic carbocycles. The predicted octanol–water partition coefficient (Wildman–Crippen LogP) is 1.74. The molecule has 2 aromatic heterocycles. The molecule has 84 valence electrons. The number of anilines is 1. The largest absolute Gasteiger partial charge is 0.382 e. The Labute approximate surface area is 102 Å². The fourth-order valence-electron chi connectivity index (χ4n) is 1.61. The van der Waals surface area contributed by atoms with E-state index in [2.05, 4.69) is 21.0 Å². The van der Waals surface area contributed by atoms with E-state index in [9.17, 15) is 0 Å². The van der Waals surface area contributed by atoms with Gasteiger partial charge in [-0.15, -0.1) is 11.3 Å². The SMILES string of the molecule is N#CC1(c2csc(-c3cnc(N)cn3)n2)CC1. The highest BCUT2D eigenvalue weighted by Gasteiger charge is 2.47. The van der Waals surface area contributed by atoms with Gasteiger partial charge in [-0.25, -0.2) is 15.0 Å². The zero-order valence-corrected chi connectivity index (χ0v) is 9.74. The first kappa shape index (κ1) is 10.2. The topological polar surface area (TPSA) is 88.5 Å². The third kappa shape index (κ3) is 1.65. The molecule has 1 fully saturated rings. The molecule has 5 nitrogen and oxygen atoms in total. The van der Waals surface area contributed by atoms with Crippen LogP contribution in [0.4, 0.5) is 5.82 Å². The van der Waals surface area contributed by atoms with Crippen molar-refractivity contribution in [1.29, 1.82) is 5.26 Å². The van der Waals surface area contributed by atoms with Crippen molar-refractivity contribution in [3.05, 3.63) is 23.5 Å². The fourth-order valence-corrected chi connectivity index (χ4v) is 2.49. The number of hydrogen-bond acceptors (Lipinski definition) is 6. The maximum absolute atomic E-state index is 9.10. The van der Waals surface area contributed by atoms with Crippen LogP contribution in [0.25, 0.3) is 10.7 Å². The number of nitrogens with two attached hydrogens (primary N) is 1. The molecule has 17 heavy (non-hydrogen) atoms. The van der Waals surface area contributed by atoms with E-state index in [1.807, 2.05) is 5.38 Å². The standard InChI is InChI=1S/C11H9N5S/c12-6-11(1-2-11)8-5-17-10(16-8)7-3-15-9(13)4-14-7/h3-5H,1-2H2,(H2,13,15).